The van der Waals surface area contributed by atoms with Crippen LogP contribution in [0, 0.1) is 0 Å². The highest BCUT2D eigenvalue weighted by Gasteiger charge is 2.08. The van der Waals surface area contributed by atoms with E-state index in [1.54, 1.807) is 12.1 Å². The van der Waals surface area contributed by atoms with Gasteiger partial charge < -0.3 is 10.5 Å². The number of rotatable bonds is 4. The van der Waals surface area contributed by atoms with Crippen molar-refractivity contribution in [2.75, 3.05) is 13.7 Å². The first-order valence-corrected chi connectivity index (χ1v) is 4.12. The largest absolute Gasteiger partial charge is 0.481 e. The molecule has 13 heavy (non-hydrogen) atoms. The van der Waals surface area contributed by atoms with Gasteiger partial charge in [0.25, 0.3) is 0 Å². The molecule has 3 nitrogen and oxygen atoms in total. The molecule has 0 radical (unpaired) electrons. The molecule has 1 heterocycles. The van der Waals surface area contributed by atoms with Crippen LogP contribution in [0.25, 0.3) is 0 Å². The molecule has 2 N–H and O–H groups in total. The molecule has 0 spiro atoms. The van der Waals surface area contributed by atoms with Gasteiger partial charge in [-0.1, -0.05) is 0 Å². The van der Waals surface area contributed by atoms with Gasteiger partial charge in [0.15, 0.2) is 0 Å². The summed E-state index contributed by atoms with van der Waals surface area (Å²) in [5.74, 6) is 0.490. The molecule has 1 aromatic heterocycles. The monoisotopic (exact) mass is 184 g/mol. The topological polar surface area (TPSA) is 48.1 Å². The third kappa shape index (κ3) is 2.66. The Morgan fingerprint density at radius 3 is 2.85 bits per heavy atom. The zero-order valence-corrected chi connectivity index (χ0v) is 7.53. The van der Waals surface area contributed by atoms with Gasteiger partial charge in [-0.15, -0.1) is 0 Å². The van der Waals surface area contributed by atoms with Crippen molar-refractivity contribution in [3.05, 3.63) is 23.9 Å². The summed E-state index contributed by atoms with van der Waals surface area (Å²) in [7, 11) is 1.52. The van der Waals surface area contributed by atoms with Crippen LogP contribution in [0.3, 0.4) is 0 Å². The summed E-state index contributed by atoms with van der Waals surface area (Å²) >= 11 is 0. The Labute approximate surface area is 76.7 Å². The molecule has 1 rings (SSSR count). The van der Waals surface area contributed by atoms with E-state index in [9.17, 15) is 4.39 Å². The Morgan fingerprint density at radius 1 is 1.62 bits per heavy atom. The van der Waals surface area contributed by atoms with Gasteiger partial charge in [0.1, 0.15) is 6.17 Å². The normalized spacial score (nSPS) is 12.5. The molecule has 0 amide bonds. The standard InChI is InChI=1S/C9H13FN2O/c1-13-9-3-2-7(6-12-9)8(10)4-5-11/h2-3,6,8H,4-5,11H2,1H3. The smallest absolute Gasteiger partial charge is 0.212 e. The molecule has 1 aromatic rings. The molecule has 0 saturated heterocycles. The van der Waals surface area contributed by atoms with Crippen molar-refractivity contribution in [1.29, 1.82) is 0 Å². The summed E-state index contributed by atoms with van der Waals surface area (Å²) in [5, 5.41) is 0. The average molecular weight is 184 g/mol. The van der Waals surface area contributed by atoms with Crippen molar-refractivity contribution >= 4 is 0 Å². The Balaban J connectivity index is 2.67. The van der Waals surface area contributed by atoms with Gasteiger partial charge in [-0.2, -0.15) is 0 Å². The fourth-order valence-corrected chi connectivity index (χ4v) is 1.01. The number of halogens is 1. The highest BCUT2D eigenvalue weighted by molar-refractivity contribution is 5.19. The first-order valence-electron chi connectivity index (χ1n) is 4.12. The van der Waals surface area contributed by atoms with Crippen LogP contribution >= 0.6 is 0 Å². The van der Waals surface area contributed by atoms with Crippen LogP contribution in [-0.4, -0.2) is 18.6 Å². The summed E-state index contributed by atoms with van der Waals surface area (Å²) < 4.78 is 18.1. The summed E-state index contributed by atoms with van der Waals surface area (Å²) in [4.78, 5) is 3.90. The molecule has 0 aliphatic carbocycles. The van der Waals surface area contributed by atoms with Crippen LogP contribution in [-0.2, 0) is 0 Å². The minimum atomic E-state index is -1.02. The second-order valence-electron chi connectivity index (χ2n) is 2.68. The number of nitrogens with zero attached hydrogens (tertiary/aromatic N) is 1. The van der Waals surface area contributed by atoms with Crippen molar-refractivity contribution < 1.29 is 9.13 Å². The molecule has 1 unspecified atom stereocenters. The van der Waals surface area contributed by atoms with E-state index in [1.807, 2.05) is 0 Å². The second-order valence-corrected chi connectivity index (χ2v) is 2.68. The number of alkyl halides is 1. The molecule has 0 aliphatic heterocycles. The minimum Gasteiger partial charge on any atom is -0.481 e. The Kier molecular flexibility index (Phi) is 3.64. The fraction of sp³-hybridized carbons (Fsp3) is 0.444. The summed E-state index contributed by atoms with van der Waals surface area (Å²) in [5.41, 5.74) is 5.79. The van der Waals surface area contributed by atoms with E-state index in [1.165, 1.54) is 13.3 Å². The van der Waals surface area contributed by atoms with Gasteiger partial charge in [0.05, 0.1) is 7.11 Å². The molecule has 0 aliphatic rings. The van der Waals surface area contributed by atoms with E-state index in [4.69, 9.17) is 10.5 Å². The van der Waals surface area contributed by atoms with Gasteiger partial charge in [0, 0.05) is 17.8 Å². The Bertz CT molecular complexity index is 250. The van der Waals surface area contributed by atoms with Crippen LogP contribution in [0.15, 0.2) is 18.3 Å². The SMILES string of the molecule is COc1ccc(C(F)CCN)cn1. The van der Waals surface area contributed by atoms with E-state index in [2.05, 4.69) is 4.98 Å². The van der Waals surface area contributed by atoms with E-state index < -0.39 is 6.17 Å². The van der Waals surface area contributed by atoms with E-state index in [0.717, 1.165) is 0 Å². The summed E-state index contributed by atoms with van der Waals surface area (Å²) in [6, 6.07) is 3.30. The number of aromatic nitrogens is 1. The molecule has 0 aromatic carbocycles. The third-order valence-electron chi connectivity index (χ3n) is 1.75. The van der Waals surface area contributed by atoms with Crippen molar-refractivity contribution in [2.45, 2.75) is 12.6 Å². The third-order valence-corrected chi connectivity index (χ3v) is 1.75. The maximum Gasteiger partial charge on any atom is 0.212 e. The number of nitrogens with two attached hydrogens (primary N) is 1. The lowest BCUT2D eigenvalue weighted by atomic mass is 10.1. The van der Waals surface area contributed by atoms with Crippen LogP contribution < -0.4 is 10.5 Å². The van der Waals surface area contributed by atoms with Crippen LogP contribution in [0.5, 0.6) is 5.88 Å². The predicted octanol–water partition coefficient (Wildman–Crippen LogP) is 1.45. The minimum absolute atomic E-state index is 0.327. The van der Waals surface area contributed by atoms with Crippen LogP contribution in [0.4, 0.5) is 4.39 Å². The molecule has 1 atom stereocenters. The number of pyridine rings is 1. The van der Waals surface area contributed by atoms with Crippen molar-refractivity contribution in [3.8, 4) is 5.88 Å². The van der Waals surface area contributed by atoms with Gasteiger partial charge in [-0.25, -0.2) is 9.37 Å². The van der Waals surface area contributed by atoms with Gasteiger partial charge in [-0.3, -0.25) is 0 Å². The van der Waals surface area contributed by atoms with Crippen molar-refractivity contribution in [3.63, 3.8) is 0 Å². The van der Waals surface area contributed by atoms with E-state index >= 15 is 0 Å². The second kappa shape index (κ2) is 4.77. The first kappa shape index (κ1) is 9.92. The zero-order chi connectivity index (χ0) is 9.68. The Morgan fingerprint density at radius 2 is 2.38 bits per heavy atom. The first-order chi connectivity index (χ1) is 6.27. The highest BCUT2D eigenvalue weighted by atomic mass is 19.1. The molecular weight excluding hydrogens is 171 g/mol. The van der Waals surface area contributed by atoms with Crippen LogP contribution in [0.1, 0.15) is 18.2 Å². The number of hydrogen-bond acceptors (Lipinski definition) is 3. The van der Waals surface area contributed by atoms with E-state index in [0.29, 0.717) is 24.4 Å². The van der Waals surface area contributed by atoms with Gasteiger partial charge in [0.2, 0.25) is 5.88 Å². The van der Waals surface area contributed by atoms with E-state index in [-0.39, 0.29) is 0 Å². The Hall–Kier alpha value is -1.16. The number of ether oxygens (including phenoxy) is 1. The number of methoxy groups -OCH3 is 1. The van der Waals surface area contributed by atoms with Gasteiger partial charge in [-0.05, 0) is 19.0 Å². The maximum atomic E-state index is 13.2. The van der Waals surface area contributed by atoms with Gasteiger partial charge >= 0.3 is 0 Å². The van der Waals surface area contributed by atoms with Crippen LogP contribution in [0.2, 0.25) is 0 Å². The lowest BCUT2D eigenvalue weighted by Crippen LogP contribution is -2.03. The fourth-order valence-electron chi connectivity index (χ4n) is 1.01. The summed E-state index contributed by atoms with van der Waals surface area (Å²) in [6.45, 7) is 0.340. The molecule has 0 saturated carbocycles. The zero-order valence-electron chi connectivity index (χ0n) is 7.53. The molecular formula is C9H13FN2O. The molecule has 0 fully saturated rings. The van der Waals surface area contributed by atoms with Crippen molar-refractivity contribution in [1.82, 2.24) is 4.98 Å². The predicted molar refractivity (Wildman–Crippen MR) is 48.3 cm³/mol. The maximum absolute atomic E-state index is 13.2. The highest BCUT2D eigenvalue weighted by Crippen LogP contribution is 2.20. The molecule has 72 valence electrons. The molecule has 0 bridgehead atoms. The quantitative estimate of drug-likeness (QED) is 0.770. The van der Waals surface area contributed by atoms with Crippen molar-refractivity contribution in [2.24, 2.45) is 5.73 Å². The summed E-state index contributed by atoms with van der Waals surface area (Å²) in [6.07, 6.45) is 0.774. The average Bonchev–Trinajstić information content (AvgIpc) is 2.18. The lowest BCUT2D eigenvalue weighted by Gasteiger charge is -2.06. The lowest BCUT2D eigenvalue weighted by molar-refractivity contribution is 0.325. The number of hydrogen-bond donors (Lipinski definition) is 1. The molecule has 4 heteroatoms.